The molecule has 8 nitrogen and oxygen atoms in total. The average Bonchev–Trinajstić information content (AvgIpc) is 2.62. The highest BCUT2D eigenvalue weighted by molar-refractivity contribution is 5.61. The molecule has 0 unspecified atom stereocenters. The molecule has 1 aromatic heterocycles. The summed E-state index contributed by atoms with van der Waals surface area (Å²) in [6.07, 6.45) is 0.954. The van der Waals surface area contributed by atoms with Crippen molar-refractivity contribution in [2.45, 2.75) is 6.42 Å². The number of hydrogen-bond donors (Lipinski definition) is 2. The molecule has 0 aliphatic carbocycles. The summed E-state index contributed by atoms with van der Waals surface area (Å²) >= 11 is 0. The molecule has 2 rings (SSSR count). The van der Waals surface area contributed by atoms with E-state index in [1.54, 1.807) is 0 Å². The number of nitrogens with one attached hydrogen (secondary N) is 1. The minimum absolute atomic E-state index is 0.0172. The zero-order chi connectivity index (χ0) is 13.8. The SMILES string of the molecule is CN1CCCN(c2nc(NN)ccc2[N+](=O)[O-])CC1. The number of nitrogens with two attached hydrogens (primary N) is 1. The Morgan fingerprint density at radius 1 is 1.37 bits per heavy atom. The fraction of sp³-hybridized carbons (Fsp3) is 0.545. The number of aromatic nitrogens is 1. The quantitative estimate of drug-likeness (QED) is 0.464. The summed E-state index contributed by atoms with van der Waals surface area (Å²) in [7, 11) is 2.04. The summed E-state index contributed by atoms with van der Waals surface area (Å²) < 4.78 is 0. The maximum atomic E-state index is 11.1. The Balaban J connectivity index is 2.32. The molecule has 0 radical (unpaired) electrons. The zero-order valence-corrected chi connectivity index (χ0v) is 10.9. The lowest BCUT2D eigenvalue weighted by Crippen LogP contribution is -2.30. The molecule has 3 N–H and O–H groups in total. The fourth-order valence-corrected chi connectivity index (χ4v) is 2.15. The fourth-order valence-electron chi connectivity index (χ4n) is 2.15. The summed E-state index contributed by atoms with van der Waals surface area (Å²) in [6, 6.07) is 2.94. The summed E-state index contributed by atoms with van der Waals surface area (Å²) in [5.41, 5.74) is 2.44. The highest BCUT2D eigenvalue weighted by atomic mass is 16.6. The number of nitro groups is 1. The Bertz CT molecular complexity index is 466. The summed E-state index contributed by atoms with van der Waals surface area (Å²) in [5, 5.41) is 11.1. The van der Waals surface area contributed by atoms with Crippen LogP contribution in [0.4, 0.5) is 17.3 Å². The van der Waals surface area contributed by atoms with E-state index in [2.05, 4.69) is 15.3 Å². The second-order valence-electron chi connectivity index (χ2n) is 4.58. The number of rotatable bonds is 3. The van der Waals surface area contributed by atoms with Gasteiger partial charge in [-0.2, -0.15) is 0 Å². The van der Waals surface area contributed by atoms with Crippen molar-refractivity contribution in [1.29, 1.82) is 0 Å². The first-order valence-electron chi connectivity index (χ1n) is 6.17. The van der Waals surface area contributed by atoms with Gasteiger partial charge in [-0.05, 0) is 26.1 Å². The first-order valence-corrected chi connectivity index (χ1v) is 6.17. The van der Waals surface area contributed by atoms with E-state index in [1.165, 1.54) is 12.1 Å². The third-order valence-corrected chi connectivity index (χ3v) is 3.22. The molecule has 1 aliphatic rings. The first kappa shape index (κ1) is 13.5. The van der Waals surface area contributed by atoms with Crippen molar-refractivity contribution in [2.24, 2.45) is 5.84 Å². The molecular weight excluding hydrogens is 248 g/mol. The standard InChI is InChI=1S/C11H18N6O2/c1-15-5-2-6-16(8-7-15)11-9(17(18)19)3-4-10(13-11)14-12/h3-4H,2,5-8,12H2,1H3,(H,13,14). The molecule has 0 atom stereocenters. The van der Waals surface area contributed by atoms with E-state index < -0.39 is 4.92 Å². The van der Waals surface area contributed by atoms with Crippen molar-refractivity contribution in [3.63, 3.8) is 0 Å². The second-order valence-corrected chi connectivity index (χ2v) is 4.58. The van der Waals surface area contributed by atoms with E-state index in [9.17, 15) is 10.1 Å². The largest absolute Gasteiger partial charge is 0.350 e. The Labute approximate surface area is 111 Å². The Morgan fingerprint density at radius 3 is 2.84 bits per heavy atom. The summed E-state index contributed by atoms with van der Waals surface area (Å²) in [5.74, 6) is 6.13. The van der Waals surface area contributed by atoms with Crippen LogP contribution in [0.15, 0.2) is 12.1 Å². The number of likely N-dealkylation sites (N-methyl/N-ethyl adjacent to an activating group) is 1. The lowest BCUT2D eigenvalue weighted by atomic mass is 10.3. The molecule has 1 saturated heterocycles. The van der Waals surface area contributed by atoms with Gasteiger partial charge in [0, 0.05) is 25.7 Å². The van der Waals surface area contributed by atoms with Gasteiger partial charge in [-0.3, -0.25) is 10.1 Å². The van der Waals surface area contributed by atoms with Gasteiger partial charge in [0.2, 0.25) is 5.82 Å². The maximum absolute atomic E-state index is 11.1. The number of pyridine rings is 1. The first-order chi connectivity index (χ1) is 9.11. The van der Waals surface area contributed by atoms with Crippen LogP contribution < -0.4 is 16.2 Å². The van der Waals surface area contributed by atoms with Gasteiger partial charge in [0.05, 0.1) is 4.92 Å². The van der Waals surface area contributed by atoms with Gasteiger partial charge in [-0.15, -0.1) is 0 Å². The van der Waals surface area contributed by atoms with E-state index in [1.807, 2.05) is 11.9 Å². The minimum Gasteiger partial charge on any atom is -0.350 e. The molecule has 1 aliphatic heterocycles. The molecule has 1 aromatic rings. The lowest BCUT2D eigenvalue weighted by molar-refractivity contribution is -0.384. The number of nitrogen functional groups attached to an aromatic ring is 1. The number of hydrazine groups is 1. The number of anilines is 2. The van der Waals surface area contributed by atoms with Gasteiger partial charge in [-0.1, -0.05) is 0 Å². The summed E-state index contributed by atoms with van der Waals surface area (Å²) in [4.78, 5) is 19.1. The van der Waals surface area contributed by atoms with E-state index in [-0.39, 0.29) is 5.69 Å². The topological polar surface area (TPSA) is 101 Å². The lowest BCUT2D eigenvalue weighted by Gasteiger charge is -2.21. The van der Waals surface area contributed by atoms with Crippen molar-refractivity contribution in [2.75, 3.05) is 43.6 Å². The highest BCUT2D eigenvalue weighted by Gasteiger charge is 2.23. The van der Waals surface area contributed by atoms with Crippen LogP contribution in [0.25, 0.3) is 0 Å². The molecule has 0 aromatic carbocycles. The normalized spacial score (nSPS) is 17.1. The maximum Gasteiger partial charge on any atom is 0.311 e. The van der Waals surface area contributed by atoms with E-state index in [4.69, 9.17) is 5.84 Å². The van der Waals surface area contributed by atoms with Crippen LogP contribution in [0, 0.1) is 10.1 Å². The molecule has 0 bridgehead atoms. The number of hydrogen-bond acceptors (Lipinski definition) is 7. The van der Waals surface area contributed by atoms with Crippen LogP contribution in [0.1, 0.15) is 6.42 Å². The number of nitrogens with zero attached hydrogens (tertiary/aromatic N) is 4. The van der Waals surface area contributed by atoms with Gasteiger partial charge in [0.1, 0.15) is 5.82 Å². The Kier molecular flexibility index (Phi) is 4.13. The van der Waals surface area contributed by atoms with Crippen molar-refractivity contribution in [3.05, 3.63) is 22.2 Å². The van der Waals surface area contributed by atoms with E-state index in [0.717, 1.165) is 32.6 Å². The van der Waals surface area contributed by atoms with E-state index in [0.29, 0.717) is 11.6 Å². The summed E-state index contributed by atoms with van der Waals surface area (Å²) in [6.45, 7) is 3.32. The van der Waals surface area contributed by atoms with Gasteiger partial charge in [0.15, 0.2) is 0 Å². The molecule has 104 valence electrons. The molecule has 0 saturated carbocycles. The van der Waals surface area contributed by atoms with Crippen molar-refractivity contribution < 1.29 is 4.92 Å². The molecule has 19 heavy (non-hydrogen) atoms. The van der Waals surface area contributed by atoms with Gasteiger partial charge in [-0.25, -0.2) is 10.8 Å². The highest BCUT2D eigenvalue weighted by Crippen LogP contribution is 2.28. The van der Waals surface area contributed by atoms with Crippen LogP contribution in [0.2, 0.25) is 0 Å². The minimum atomic E-state index is -0.406. The smallest absolute Gasteiger partial charge is 0.311 e. The molecule has 8 heteroatoms. The van der Waals surface area contributed by atoms with Gasteiger partial charge >= 0.3 is 5.69 Å². The van der Waals surface area contributed by atoms with Crippen molar-refractivity contribution in [1.82, 2.24) is 9.88 Å². The van der Waals surface area contributed by atoms with Crippen molar-refractivity contribution >= 4 is 17.3 Å². The predicted molar refractivity (Wildman–Crippen MR) is 73.0 cm³/mol. The van der Waals surface area contributed by atoms with Crippen molar-refractivity contribution in [3.8, 4) is 0 Å². The molecule has 1 fully saturated rings. The average molecular weight is 266 g/mol. The van der Waals surface area contributed by atoms with Gasteiger partial charge < -0.3 is 15.2 Å². The monoisotopic (exact) mass is 266 g/mol. The van der Waals surface area contributed by atoms with Gasteiger partial charge in [0.25, 0.3) is 0 Å². The van der Waals surface area contributed by atoms with Crippen LogP contribution in [0.5, 0.6) is 0 Å². The van der Waals surface area contributed by atoms with E-state index >= 15 is 0 Å². The zero-order valence-electron chi connectivity index (χ0n) is 10.9. The molecular formula is C11H18N6O2. The predicted octanol–water partition coefficient (Wildman–Crippen LogP) is 0.417. The second kappa shape index (κ2) is 5.81. The van der Waals surface area contributed by atoms with Crippen LogP contribution in [0.3, 0.4) is 0 Å². The Morgan fingerprint density at radius 2 is 2.16 bits per heavy atom. The van der Waals surface area contributed by atoms with Crippen LogP contribution in [-0.4, -0.2) is 48.0 Å². The van der Waals surface area contributed by atoms with Crippen LogP contribution >= 0.6 is 0 Å². The third kappa shape index (κ3) is 3.09. The molecule has 2 heterocycles. The third-order valence-electron chi connectivity index (χ3n) is 3.22. The molecule has 0 spiro atoms. The van der Waals surface area contributed by atoms with Crippen LogP contribution in [-0.2, 0) is 0 Å². The Hall–Kier alpha value is -1.93. The molecule has 0 amide bonds.